The van der Waals surface area contributed by atoms with Gasteiger partial charge < -0.3 is 10.1 Å². The summed E-state index contributed by atoms with van der Waals surface area (Å²) in [4.78, 5) is 11.8. The van der Waals surface area contributed by atoms with Crippen molar-refractivity contribution < 1.29 is 9.53 Å². The first-order valence-corrected chi connectivity index (χ1v) is 6.71. The standard InChI is InChI=1S/C14H18ClNO2/c1-11(15)13(17)18-14(7-9-16-10-8-14)12-5-3-2-4-6-12/h2-6,11,16H,7-10H2,1H3. The van der Waals surface area contributed by atoms with E-state index in [1.807, 2.05) is 30.3 Å². The zero-order valence-electron chi connectivity index (χ0n) is 10.5. The molecule has 0 aromatic heterocycles. The van der Waals surface area contributed by atoms with Crippen LogP contribution in [0.2, 0.25) is 0 Å². The van der Waals surface area contributed by atoms with Gasteiger partial charge in [0, 0.05) is 12.8 Å². The highest BCUT2D eigenvalue weighted by atomic mass is 35.5. The molecule has 1 aromatic carbocycles. The van der Waals surface area contributed by atoms with Crippen molar-refractivity contribution in [1.82, 2.24) is 5.32 Å². The number of rotatable bonds is 3. The molecule has 3 nitrogen and oxygen atoms in total. The van der Waals surface area contributed by atoms with Gasteiger partial charge in [-0.15, -0.1) is 11.6 Å². The fraction of sp³-hybridized carbons (Fsp3) is 0.500. The van der Waals surface area contributed by atoms with Gasteiger partial charge in [0.15, 0.2) is 0 Å². The molecule has 1 N–H and O–H groups in total. The summed E-state index contributed by atoms with van der Waals surface area (Å²) in [6, 6.07) is 9.92. The van der Waals surface area contributed by atoms with Crippen LogP contribution in [-0.2, 0) is 15.1 Å². The fourth-order valence-electron chi connectivity index (χ4n) is 2.30. The summed E-state index contributed by atoms with van der Waals surface area (Å²) in [5, 5.41) is 2.68. The van der Waals surface area contributed by atoms with Crippen molar-refractivity contribution in [2.24, 2.45) is 0 Å². The lowest BCUT2D eigenvalue weighted by atomic mass is 9.85. The van der Waals surface area contributed by atoms with E-state index in [1.54, 1.807) is 6.92 Å². The molecule has 1 aliphatic heterocycles. The molecule has 98 valence electrons. The normalized spacial score (nSPS) is 20.1. The van der Waals surface area contributed by atoms with E-state index in [9.17, 15) is 4.79 Å². The van der Waals surface area contributed by atoms with Crippen LogP contribution in [-0.4, -0.2) is 24.4 Å². The topological polar surface area (TPSA) is 38.3 Å². The SMILES string of the molecule is CC(Cl)C(=O)OC1(c2ccccc2)CCNCC1. The summed E-state index contributed by atoms with van der Waals surface area (Å²) in [6.07, 6.45) is 1.57. The number of alkyl halides is 1. The number of hydrogen-bond acceptors (Lipinski definition) is 3. The third-order valence-corrected chi connectivity index (χ3v) is 3.51. The molecular formula is C14H18ClNO2. The van der Waals surface area contributed by atoms with Crippen LogP contribution >= 0.6 is 11.6 Å². The molecule has 1 fully saturated rings. The predicted molar refractivity (Wildman–Crippen MR) is 71.6 cm³/mol. The third-order valence-electron chi connectivity index (χ3n) is 3.33. The van der Waals surface area contributed by atoms with Crippen LogP contribution < -0.4 is 5.32 Å². The number of carbonyl (C=O) groups is 1. The van der Waals surface area contributed by atoms with E-state index in [4.69, 9.17) is 16.3 Å². The first-order valence-electron chi connectivity index (χ1n) is 6.27. The predicted octanol–water partition coefficient (Wildman–Crippen LogP) is 2.44. The first-order chi connectivity index (χ1) is 8.64. The zero-order chi connectivity index (χ0) is 13.0. The maximum atomic E-state index is 11.8. The van der Waals surface area contributed by atoms with Gasteiger partial charge in [-0.05, 0) is 25.6 Å². The van der Waals surface area contributed by atoms with Gasteiger partial charge in [-0.25, -0.2) is 0 Å². The second-order valence-electron chi connectivity index (χ2n) is 4.65. The second kappa shape index (κ2) is 5.72. The molecule has 1 aliphatic rings. The van der Waals surface area contributed by atoms with Crippen LogP contribution in [0.5, 0.6) is 0 Å². The van der Waals surface area contributed by atoms with Crippen LogP contribution in [0.25, 0.3) is 0 Å². The number of hydrogen-bond donors (Lipinski definition) is 1. The smallest absolute Gasteiger partial charge is 0.324 e. The molecule has 0 amide bonds. The summed E-state index contributed by atoms with van der Waals surface area (Å²) >= 11 is 5.81. The maximum absolute atomic E-state index is 11.8. The van der Waals surface area contributed by atoms with Gasteiger partial charge in [0.05, 0.1) is 0 Å². The van der Waals surface area contributed by atoms with Crippen LogP contribution in [0.3, 0.4) is 0 Å². The summed E-state index contributed by atoms with van der Waals surface area (Å²) < 4.78 is 5.72. The first kappa shape index (κ1) is 13.4. The van der Waals surface area contributed by atoms with Crippen molar-refractivity contribution in [3.05, 3.63) is 35.9 Å². The van der Waals surface area contributed by atoms with E-state index in [0.717, 1.165) is 31.5 Å². The molecule has 0 bridgehead atoms. The number of carbonyl (C=O) groups excluding carboxylic acids is 1. The van der Waals surface area contributed by atoms with Gasteiger partial charge in [-0.3, -0.25) is 4.79 Å². The Hall–Kier alpha value is -1.06. The lowest BCUT2D eigenvalue weighted by molar-refractivity contribution is -0.163. The fourth-order valence-corrected chi connectivity index (χ4v) is 2.34. The van der Waals surface area contributed by atoms with Crippen LogP contribution in [0.1, 0.15) is 25.3 Å². The lowest BCUT2D eigenvalue weighted by Gasteiger charge is -2.37. The van der Waals surface area contributed by atoms with Crippen molar-refractivity contribution in [3.8, 4) is 0 Å². The molecule has 0 spiro atoms. The van der Waals surface area contributed by atoms with E-state index < -0.39 is 11.0 Å². The number of halogens is 1. The van der Waals surface area contributed by atoms with Crippen molar-refractivity contribution in [3.63, 3.8) is 0 Å². The second-order valence-corrected chi connectivity index (χ2v) is 5.30. The highest BCUT2D eigenvalue weighted by molar-refractivity contribution is 6.29. The lowest BCUT2D eigenvalue weighted by Crippen LogP contribution is -2.44. The number of benzene rings is 1. The van der Waals surface area contributed by atoms with Crippen molar-refractivity contribution in [1.29, 1.82) is 0 Å². The molecule has 0 aliphatic carbocycles. The molecule has 18 heavy (non-hydrogen) atoms. The van der Waals surface area contributed by atoms with Gasteiger partial charge in [0.2, 0.25) is 0 Å². The molecule has 4 heteroatoms. The zero-order valence-corrected chi connectivity index (χ0v) is 11.2. The van der Waals surface area contributed by atoms with Crippen LogP contribution in [0.15, 0.2) is 30.3 Å². The highest BCUT2D eigenvalue weighted by Gasteiger charge is 2.38. The Balaban J connectivity index is 2.26. The maximum Gasteiger partial charge on any atom is 0.324 e. The highest BCUT2D eigenvalue weighted by Crippen LogP contribution is 2.35. The minimum atomic E-state index is -0.611. The average Bonchev–Trinajstić information content (AvgIpc) is 2.40. The largest absolute Gasteiger partial charge is 0.453 e. The summed E-state index contributed by atoms with van der Waals surface area (Å²) in [5.41, 5.74) is 0.532. The number of ether oxygens (including phenoxy) is 1. The number of piperidine rings is 1. The molecule has 0 saturated carbocycles. The molecule has 2 rings (SSSR count). The Morgan fingerprint density at radius 3 is 2.50 bits per heavy atom. The molecule has 0 radical (unpaired) electrons. The molecular weight excluding hydrogens is 250 g/mol. The summed E-state index contributed by atoms with van der Waals surface area (Å²) in [7, 11) is 0. The molecule has 1 heterocycles. The third kappa shape index (κ3) is 2.85. The Morgan fingerprint density at radius 2 is 1.94 bits per heavy atom. The molecule has 1 unspecified atom stereocenters. The van der Waals surface area contributed by atoms with Crippen molar-refractivity contribution in [2.45, 2.75) is 30.7 Å². The van der Waals surface area contributed by atoms with Gasteiger partial charge in [0.1, 0.15) is 11.0 Å². The van der Waals surface area contributed by atoms with E-state index in [0.29, 0.717) is 0 Å². The van der Waals surface area contributed by atoms with E-state index in [2.05, 4.69) is 5.32 Å². The van der Waals surface area contributed by atoms with Gasteiger partial charge in [0.25, 0.3) is 0 Å². The van der Waals surface area contributed by atoms with E-state index >= 15 is 0 Å². The Labute approximate surface area is 112 Å². The number of esters is 1. The van der Waals surface area contributed by atoms with Gasteiger partial charge in [-0.2, -0.15) is 0 Å². The van der Waals surface area contributed by atoms with Gasteiger partial charge >= 0.3 is 5.97 Å². The minimum Gasteiger partial charge on any atom is -0.453 e. The Morgan fingerprint density at radius 1 is 1.33 bits per heavy atom. The van der Waals surface area contributed by atoms with Crippen LogP contribution in [0, 0.1) is 0 Å². The Kier molecular flexibility index (Phi) is 4.25. The van der Waals surface area contributed by atoms with E-state index in [1.165, 1.54) is 0 Å². The Bertz CT molecular complexity index is 400. The quantitative estimate of drug-likeness (QED) is 0.675. The summed E-state index contributed by atoms with van der Waals surface area (Å²) in [6.45, 7) is 3.33. The molecule has 1 aromatic rings. The average molecular weight is 268 g/mol. The van der Waals surface area contributed by atoms with Crippen LogP contribution in [0.4, 0.5) is 0 Å². The summed E-state index contributed by atoms with van der Waals surface area (Å²) in [5.74, 6) is -0.345. The number of nitrogens with one attached hydrogen (secondary N) is 1. The van der Waals surface area contributed by atoms with E-state index in [-0.39, 0.29) is 5.97 Å². The monoisotopic (exact) mass is 267 g/mol. The minimum absolute atomic E-state index is 0.345. The van der Waals surface area contributed by atoms with Gasteiger partial charge in [-0.1, -0.05) is 30.3 Å². The molecule has 1 saturated heterocycles. The molecule has 1 atom stereocenters. The van der Waals surface area contributed by atoms with Crippen molar-refractivity contribution >= 4 is 17.6 Å². The van der Waals surface area contributed by atoms with Crippen molar-refractivity contribution in [2.75, 3.05) is 13.1 Å².